The van der Waals surface area contributed by atoms with E-state index in [2.05, 4.69) is 133 Å². The van der Waals surface area contributed by atoms with Gasteiger partial charge in [-0.15, -0.1) is 11.3 Å². The molecule has 7 aromatic carbocycles. The van der Waals surface area contributed by atoms with E-state index in [-0.39, 0.29) is 0 Å². The Morgan fingerprint density at radius 1 is 0.333 bits per heavy atom. The Bertz CT molecular complexity index is 2760. The Kier molecular flexibility index (Phi) is 5.19. The van der Waals surface area contributed by atoms with E-state index in [0.717, 1.165) is 55.0 Å². The lowest BCUT2D eigenvalue weighted by atomic mass is 9.93. The quantitative estimate of drug-likeness (QED) is 0.204. The number of thiophene rings is 1. The number of benzene rings is 7. The van der Waals surface area contributed by atoms with Crippen LogP contribution in [0.4, 0.5) is 0 Å². The van der Waals surface area contributed by atoms with Crippen molar-refractivity contribution in [2.45, 2.75) is 0 Å². The highest BCUT2D eigenvalue weighted by Gasteiger charge is 2.18. The molecule has 0 radical (unpaired) electrons. The van der Waals surface area contributed by atoms with Crippen molar-refractivity contribution in [2.24, 2.45) is 0 Å². The predicted molar refractivity (Wildman–Crippen MR) is 190 cm³/mol. The van der Waals surface area contributed by atoms with Crippen molar-refractivity contribution >= 4 is 75.4 Å². The largest absolute Gasteiger partial charge is 0.456 e. The van der Waals surface area contributed by atoms with E-state index in [0.29, 0.717) is 0 Å². The summed E-state index contributed by atoms with van der Waals surface area (Å²) in [7, 11) is 0. The summed E-state index contributed by atoms with van der Waals surface area (Å²) < 4.78 is 15.2. The lowest BCUT2D eigenvalue weighted by Gasteiger charge is -2.09. The van der Waals surface area contributed by atoms with Gasteiger partial charge in [0.25, 0.3) is 0 Å². The molecule has 0 bridgehead atoms. The van der Waals surface area contributed by atoms with Crippen molar-refractivity contribution in [3.8, 4) is 33.4 Å². The third kappa shape index (κ3) is 3.68. The van der Waals surface area contributed by atoms with Crippen molar-refractivity contribution in [3.05, 3.63) is 146 Å². The first-order valence-corrected chi connectivity index (χ1v) is 16.0. The second-order valence-electron chi connectivity index (χ2n) is 11.6. The van der Waals surface area contributed by atoms with Gasteiger partial charge in [-0.3, -0.25) is 0 Å². The third-order valence-electron chi connectivity index (χ3n) is 9.12. The lowest BCUT2D eigenvalue weighted by Crippen LogP contribution is -1.84. The number of rotatable bonds is 3. The van der Waals surface area contributed by atoms with E-state index in [9.17, 15) is 0 Å². The van der Waals surface area contributed by atoms with Crippen molar-refractivity contribution < 1.29 is 8.83 Å². The maximum atomic E-state index is 6.48. The summed E-state index contributed by atoms with van der Waals surface area (Å²) in [5, 5.41) is 7.18. The summed E-state index contributed by atoms with van der Waals surface area (Å²) in [4.78, 5) is 0. The van der Waals surface area contributed by atoms with Crippen LogP contribution >= 0.6 is 11.3 Å². The van der Waals surface area contributed by atoms with E-state index in [4.69, 9.17) is 8.83 Å². The molecule has 45 heavy (non-hydrogen) atoms. The van der Waals surface area contributed by atoms with Gasteiger partial charge in [-0.25, -0.2) is 0 Å². The van der Waals surface area contributed by atoms with Crippen LogP contribution in [0, 0.1) is 0 Å². The highest BCUT2D eigenvalue weighted by molar-refractivity contribution is 7.25. The van der Waals surface area contributed by atoms with Crippen LogP contribution in [-0.2, 0) is 0 Å². The highest BCUT2D eigenvalue weighted by Crippen LogP contribution is 2.44. The smallest absolute Gasteiger partial charge is 0.136 e. The van der Waals surface area contributed by atoms with Gasteiger partial charge in [-0.1, -0.05) is 103 Å². The summed E-state index contributed by atoms with van der Waals surface area (Å²) in [6.45, 7) is 0. The molecule has 0 spiro atoms. The Morgan fingerprint density at radius 2 is 0.844 bits per heavy atom. The first-order chi connectivity index (χ1) is 22.3. The van der Waals surface area contributed by atoms with Crippen LogP contribution in [0.15, 0.2) is 154 Å². The zero-order chi connectivity index (χ0) is 29.5. The molecule has 0 aliphatic carbocycles. The Labute approximate surface area is 262 Å². The number of hydrogen-bond donors (Lipinski definition) is 0. The minimum Gasteiger partial charge on any atom is -0.456 e. The minimum absolute atomic E-state index is 0.889. The normalized spacial score (nSPS) is 12.0. The zero-order valence-electron chi connectivity index (χ0n) is 24.1. The van der Waals surface area contributed by atoms with E-state index >= 15 is 0 Å². The van der Waals surface area contributed by atoms with Gasteiger partial charge in [0.05, 0.1) is 0 Å². The van der Waals surface area contributed by atoms with Crippen LogP contribution in [0.25, 0.3) is 97.4 Å². The highest BCUT2D eigenvalue weighted by atomic mass is 32.1. The van der Waals surface area contributed by atoms with Crippen molar-refractivity contribution in [2.75, 3.05) is 0 Å². The fourth-order valence-corrected chi connectivity index (χ4v) is 8.22. The van der Waals surface area contributed by atoms with Gasteiger partial charge < -0.3 is 8.83 Å². The third-order valence-corrected chi connectivity index (χ3v) is 10.3. The molecule has 210 valence electrons. The van der Waals surface area contributed by atoms with Crippen LogP contribution in [0.1, 0.15) is 0 Å². The Balaban J connectivity index is 1.15. The number of furan rings is 2. The van der Waals surface area contributed by atoms with E-state index < -0.39 is 0 Å². The van der Waals surface area contributed by atoms with Crippen molar-refractivity contribution in [1.82, 2.24) is 0 Å². The van der Waals surface area contributed by atoms with Gasteiger partial charge in [0.15, 0.2) is 0 Å². The van der Waals surface area contributed by atoms with Gasteiger partial charge in [0.1, 0.15) is 22.3 Å². The molecule has 10 rings (SSSR count). The van der Waals surface area contributed by atoms with E-state index in [1.807, 2.05) is 23.5 Å². The summed E-state index contributed by atoms with van der Waals surface area (Å²) in [5.74, 6) is 0. The van der Waals surface area contributed by atoms with Crippen molar-refractivity contribution in [1.29, 1.82) is 0 Å². The molecule has 10 aromatic rings. The zero-order valence-corrected chi connectivity index (χ0v) is 24.9. The summed E-state index contributed by atoms with van der Waals surface area (Å²) in [5.41, 5.74) is 10.7. The monoisotopic (exact) mass is 592 g/mol. The lowest BCUT2D eigenvalue weighted by molar-refractivity contribution is 0.669. The molecule has 0 fully saturated rings. The fourth-order valence-electron chi connectivity index (χ4n) is 7.09. The van der Waals surface area contributed by atoms with E-state index in [1.165, 1.54) is 42.4 Å². The molecule has 2 nitrogen and oxygen atoms in total. The average Bonchev–Trinajstić information content (AvgIpc) is 3.79. The first-order valence-electron chi connectivity index (χ1n) is 15.2. The van der Waals surface area contributed by atoms with Gasteiger partial charge in [-0.05, 0) is 75.8 Å². The van der Waals surface area contributed by atoms with Crippen LogP contribution in [0.3, 0.4) is 0 Å². The van der Waals surface area contributed by atoms with E-state index in [1.54, 1.807) is 0 Å². The van der Waals surface area contributed by atoms with Gasteiger partial charge in [-0.2, -0.15) is 0 Å². The molecule has 0 unspecified atom stereocenters. The Morgan fingerprint density at radius 3 is 1.60 bits per heavy atom. The molecule has 0 amide bonds. The van der Waals surface area contributed by atoms with Gasteiger partial charge in [0.2, 0.25) is 0 Å². The second kappa shape index (κ2) is 9.43. The molecule has 0 aliphatic heterocycles. The number of hydrogen-bond acceptors (Lipinski definition) is 3. The molecule has 0 atom stereocenters. The molecule has 0 saturated heterocycles. The molecule has 3 heteroatoms. The molecule has 0 saturated carbocycles. The van der Waals surface area contributed by atoms with Crippen LogP contribution in [0.5, 0.6) is 0 Å². The fraction of sp³-hybridized carbons (Fsp3) is 0. The standard InChI is InChI=1S/C42H24O2S/c1-3-13-34-31(8-1)33-24-27(22-23-35(33)43-34)30-11-6-15-37-42(30)41-29(10-5-14-36(41)44-37)26-20-18-25(19-21-26)28-12-7-17-39-40(28)32-9-2-4-16-38(32)45-39/h1-24H. The van der Waals surface area contributed by atoms with Gasteiger partial charge in [0, 0.05) is 41.7 Å². The van der Waals surface area contributed by atoms with Crippen LogP contribution < -0.4 is 0 Å². The molecule has 3 aromatic heterocycles. The summed E-state index contributed by atoms with van der Waals surface area (Å²) >= 11 is 1.86. The first kappa shape index (κ1) is 24.8. The topological polar surface area (TPSA) is 26.3 Å². The second-order valence-corrected chi connectivity index (χ2v) is 12.7. The molecule has 0 N–H and O–H groups in total. The molecule has 3 heterocycles. The molecular weight excluding hydrogens is 569 g/mol. The summed E-state index contributed by atoms with van der Waals surface area (Å²) in [6.07, 6.45) is 0. The average molecular weight is 593 g/mol. The minimum atomic E-state index is 0.889. The molecule has 0 aliphatic rings. The predicted octanol–water partition coefficient (Wildman–Crippen LogP) is 12.9. The van der Waals surface area contributed by atoms with Crippen LogP contribution in [0.2, 0.25) is 0 Å². The van der Waals surface area contributed by atoms with Crippen molar-refractivity contribution in [3.63, 3.8) is 0 Å². The number of fused-ring (bicyclic) bond motifs is 9. The molecular formula is C42H24O2S. The number of para-hydroxylation sites is 1. The van der Waals surface area contributed by atoms with Crippen LogP contribution in [-0.4, -0.2) is 0 Å². The maximum Gasteiger partial charge on any atom is 0.136 e. The summed E-state index contributed by atoms with van der Waals surface area (Å²) in [6, 6.07) is 51.8. The maximum absolute atomic E-state index is 6.48. The Hall–Kier alpha value is -5.64. The van der Waals surface area contributed by atoms with Gasteiger partial charge >= 0.3 is 0 Å². The SMILES string of the molecule is c1ccc2c(c1)oc1ccc(-c3cccc4oc5cccc(-c6ccc(-c7cccc8sc9ccccc9c78)cc6)c5c34)cc12.